The summed E-state index contributed by atoms with van der Waals surface area (Å²) in [6.45, 7) is 7.84. The van der Waals surface area contributed by atoms with Crippen molar-refractivity contribution in [1.29, 1.82) is 0 Å². The van der Waals surface area contributed by atoms with Crippen molar-refractivity contribution in [3.63, 3.8) is 0 Å². The molecule has 2 fully saturated rings. The summed E-state index contributed by atoms with van der Waals surface area (Å²) in [4.78, 5) is 28.9. The number of carbonyl (C=O) groups excluding carboxylic acids is 2. The molecule has 1 aliphatic carbocycles. The Morgan fingerprint density at radius 2 is 1.57 bits per heavy atom. The van der Waals surface area contributed by atoms with E-state index in [9.17, 15) is 9.59 Å². The number of anilines is 1. The Morgan fingerprint density at radius 3 is 2.17 bits per heavy atom. The van der Waals surface area contributed by atoms with Crippen LogP contribution >= 0.6 is 0 Å². The molecule has 2 aromatic rings. The molecule has 30 heavy (non-hydrogen) atoms. The van der Waals surface area contributed by atoms with E-state index in [1.165, 1.54) is 0 Å². The van der Waals surface area contributed by atoms with Crippen LogP contribution in [0.25, 0.3) is 5.69 Å². The second kappa shape index (κ2) is 8.97. The molecule has 1 saturated carbocycles. The van der Waals surface area contributed by atoms with Crippen LogP contribution in [-0.2, 0) is 9.59 Å². The molecule has 2 aliphatic rings. The maximum Gasteiger partial charge on any atom is 0.238 e. The van der Waals surface area contributed by atoms with Crippen molar-refractivity contribution in [3.05, 3.63) is 41.7 Å². The highest BCUT2D eigenvalue weighted by molar-refractivity contribution is 5.93. The zero-order valence-electron chi connectivity index (χ0n) is 17.7. The minimum absolute atomic E-state index is 0.0336. The number of piperazine rings is 1. The Morgan fingerprint density at radius 1 is 0.967 bits per heavy atom. The molecule has 2 amide bonds. The highest BCUT2D eigenvalue weighted by atomic mass is 16.2. The van der Waals surface area contributed by atoms with Crippen LogP contribution in [0.1, 0.15) is 24.2 Å². The molecule has 0 atom stereocenters. The third-order valence-corrected chi connectivity index (χ3v) is 5.70. The molecule has 1 aromatic carbocycles. The summed E-state index contributed by atoms with van der Waals surface area (Å²) in [5, 5.41) is 10.7. The van der Waals surface area contributed by atoms with Gasteiger partial charge in [-0.1, -0.05) is 18.2 Å². The molecule has 160 valence electrons. The largest absolute Gasteiger partial charge is 0.352 e. The van der Waals surface area contributed by atoms with Crippen LogP contribution in [0.15, 0.2) is 30.3 Å². The number of aromatic nitrogens is 2. The van der Waals surface area contributed by atoms with E-state index in [0.717, 1.165) is 61.8 Å². The highest BCUT2D eigenvalue weighted by Gasteiger charge is 2.26. The lowest BCUT2D eigenvalue weighted by atomic mass is 10.2. The molecule has 0 radical (unpaired) electrons. The Labute approximate surface area is 177 Å². The van der Waals surface area contributed by atoms with Crippen LogP contribution in [0.3, 0.4) is 0 Å². The predicted molar refractivity (Wildman–Crippen MR) is 116 cm³/mol. The molecule has 0 spiro atoms. The van der Waals surface area contributed by atoms with Crippen molar-refractivity contribution in [1.82, 2.24) is 24.9 Å². The predicted octanol–water partition coefficient (Wildman–Crippen LogP) is 1.32. The lowest BCUT2D eigenvalue weighted by Gasteiger charge is -2.33. The number of hydrogen-bond acceptors (Lipinski definition) is 5. The fraction of sp³-hybridized carbons (Fsp3) is 0.500. The summed E-state index contributed by atoms with van der Waals surface area (Å²) in [5.74, 6) is 0.0822. The molecule has 0 unspecified atom stereocenters. The summed E-state index contributed by atoms with van der Waals surface area (Å²) in [5.41, 5.74) is 3.47. The maximum absolute atomic E-state index is 12.7. The van der Waals surface area contributed by atoms with E-state index in [1.807, 2.05) is 48.9 Å². The molecular weight excluding hydrogens is 380 g/mol. The van der Waals surface area contributed by atoms with Crippen molar-refractivity contribution in [2.45, 2.75) is 32.7 Å². The topological polar surface area (TPSA) is 82.5 Å². The van der Waals surface area contributed by atoms with Gasteiger partial charge in [0, 0.05) is 32.2 Å². The summed E-state index contributed by atoms with van der Waals surface area (Å²) in [6.07, 6.45) is 2.22. The van der Waals surface area contributed by atoms with Crippen molar-refractivity contribution < 1.29 is 9.59 Å². The molecule has 4 rings (SSSR count). The van der Waals surface area contributed by atoms with E-state index < -0.39 is 0 Å². The first-order valence-electron chi connectivity index (χ1n) is 10.6. The summed E-state index contributed by atoms with van der Waals surface area (Å²) < 4.78 is 1.86. The molecule has 0 bridgehead atoms. The van der Waals surface area contributed by atoms with E-state index >= 15 is 0 Å². The van der Waals surface area contributed by atoms with Gasteiger partial charge < -0.3 is 10.6 Å². The average molecular weight is 411 g/mol. The van der Waals surface area contributed by atoms with Crippen LogP contribution < -0.4 is 10.6 Å². The van der Waals surface area contributed by atoms with E-state index in [1.54, 1.807) is 0 Å². The van der Waals surface area contributed by atoms with E-state index in [0.29, 0.717) is 19.1 Å². The average Bonchev–Trinajstić information content (AvgIpc) is 3.50. The quantitative estimate of drug-likeness (QED) is 0.720. The molecule has 1 saturated heterocycles. The summed E-state index contributed by atoms with van der Waals surface area (Å²) in [7, 11) is 0. The van der Waals surface area contributed by atoms with Gasteiger partial charge in [-0.2, -0.15) is 5.10 Å². The van der Waals surface area contributed by atoms with Gasteiger partial charge in [0.25, 0.3) is 0 Å². The molecular formula is C22H30N6O2. The van der Waals surface area contributed by atoms with Gasteiger partial charge in [-0.15, -0.1) is 0 Å². The van der Waals surface area contributed by atoms with E-state index in [-0.39, 0.29) is 11.8 Å². The normalized spacial score (nSPS) is 17.7. The van der Waals surface area contributed by atoms with Gasteiger partial charge in [0.05, 0.1) is 35.9 Å². The molecule has 8 heteroatoms. The van der Waals surface area contributed by atoms with Gasteiger partial charge in [-0.25, -0.2) is 4.68 Å². The van der Waals surface area contributed by atoms with Crippen molar-refractivity contribution in [2.24, 2.45) is 0 Å². The zero-order chi connectivity index (χ0) is 21.1. The molecule has 2 N–H and O–H groups in total. The Hall–Kier alpha value is -2.71. The molecule has 1 aromatic heterocycles. The fourth-order valence-corrected chi connectivity index (χ4v) is 3.84. The summed E-state index contributed by atoms with van der Waals surface area (Å²) in [6, 6.07) is 10.3. The first-order chi connectivity index (χ1) is 14.5. The standard InChI is InChI=1S/C22H30N6O2/c1-16-22(17(2)28(25-16)19-6-4-3-5-7-19)24-21(30)15-27-12-10-26(11-13-27)14-20(29)23-18-8-9-18/h3-7,18H,8-15H2,1-2H3,(H,23,29)(H,24,30). The third-order valence-electron chi connectivity index (χ3n) is 5.70. The van der Waals surface area contributed by atoms with Gasteiger partial charge in [-0.3, -0.25) is 19.4 Å². The zero-order valence-corrected chi connectivity index (χ0v) is 17.7. The molecule has 8 nitrogen and oxygen atoms in total. The lowest BCUT2D eigenvalue weighted by Crippen LogP contribution is -2.51. The monoisotopic (exact) mass is 410 g/mol. The second-order valence-corrected chi connectivity index (χ2v) is 8.24. The number of hydrogen-bond donors (Lipinski definition) is 2. The molecule has 2 heterocycles. The third kappa shape index (κ3) is 5.06. The number of nitrogens with one attached hydrogen (secondary N) is 2. The van der Waals surface area contributed by atoms with Gasteiger partial charge in [-0.05, 0) is 38.8 Å². The Bertz CT molecular complexity index is 898. The Kier molecular flexibility index (Phi) is 6.15. The number of nitrogens with zero attached hydrogens (tertiary/aromatic N) is 4. The van der Waals surface area contributed by atoms with Crippen LogP contribution in [0, 0.1) is 13.8 Å². The second-order valence-electron chi connectivity index (χ2n) is 8.24. The minimum Gasteiger partial charge on any atom is -0.352 e. The number of aryl methyl sites for hydroxylation is 1. The smallest absolute Gasteiger partial charge is 0.238 e. The number of carbonyl (C=O) groups is 2. The van der Waals surface area contributed by atoms with E-state index in [4.69, 9.17) is 0 Å². The molecule has 1 aliphatic heterocycles. The number of para-hydroxylation sites is 1. The van der Waals surface area contributed by atoms with Crippen LogP contribution in [0.5, 0.6) is 0 Å². The number of amides is 2. The van der Waals surface area contributed by atoms with Gasteiger partial charge in [0.15, 0.2) is 0 Å². The SMILES string of the molecule is Cc1nn(-c2ccccc2)c(C)c1NC(=O)CN1CCN(CC(=O)NC2CC2)CC1. The first kappa shape index (κ1) is 20.6. The highest BCUT2D eigenvalue weighted by Crippen LogP contribution is 2.22. The van der Waals surface area contributed by atoms with Crippen LogP contribution in [0.4, 0.5) is 5.69 Å². The number of rotatable bonds is 7. The van der Waals surface area contributed by atoms with Crippen LogP contribution in [0.2, 0.25) is 0 Å². The van der Waals surface area contributed by atoms with E-state index in [2.05, 4.69) is 25.5 Å². The first-order valence-corrected chi connectivity index (χ1v) is 10.6. The fourth-order valence-electron chi connectivity index (χ4n) is 3.84. The van der Waals surface area contributed by atoms with Crippen molar-refractivity contribution in [3.8, 4) is 5.69 Å². The summed E-state index contributed by atoms with van der Waals surface area (Å²) >= 11 is 0. The Balaban J connectivity index is 1.27. The number of benzene rings is 1. The van der Waals surface area contributed by atoms with Crippen molar-refractivity contribution >= 4 is 17.5 Å². The maximum atomic E-state index is 12.7. The minimum atomic E-state index is -0.0336. The van der Waals surface area contributed by atoms with Gasteiger partial charge in [0.2, 0.25) is 11.8 Å². The van der Waals surface area contributed by atoms with Gasteiger partial charge in [0.1, 0.15) is 0 Å². The lowest BCUT2D eigenvalue weighted by molar-refractivity contribution is -0.123. The van der Waals surface area contributed by atoms with Gasteiger partial charge >= 0.3 is 0 Å². The van der Waals surface area contributed by atoms with Crippen molar-refractivity contribution in [2.75, 3.05) is 44.6 Å². The van der Waals surface area contributed by atoms with Crippen LogP contribution in [-0.4, -0.2) is 76.7 Å².